The molecule has 2 heterocycles. The van der Waals surface area contributed by atoms with Gasteiger partial charge in [-0.25, -0.2) is 0 Å². The molecule has 2 aliphatic heterocycles. The molecule has 1 aromatic carbocycles. The second kappa shape index (κ2) is 6.16. The molecule has 1 N–H and O–H groups in total. The summed E-state index contributed by atoms with van der Waals surface area (Å²) in [5.41, 5.74) is 2.74. The summed E-state index contributed by atoms with van der Waals surface area (Å²) in [7, 11) is 0. The number of carbonyl (C=O) groups excluding carboxylic acids is 1. The highest BCUT2D eigenvalue weighted by molar-refractivity contribution is 5.82. The van der Waals surface area contributed by atoms with Crippen LogP contribution in [0.25, 0.3) is 0 Å². The lowest BCUT2D eigenvalue weighted by Crippen LogP contribution is -2.50. The zero-order chi connectivity index (χ0) is 14.8. The third-order valence-electron chi connectivity index (χ3n) is 4.94. The highest BCUT2D eigenvalue weighted by atomic mass is 16.3. The molecule has 0 saturated carbocycles. The molecule has 1 fully saturated rings. The lowest BCUT2D eigenvalue weighted by molar-refractivity contribution is -0.138. The Morgan fingerprint density at radius 1 is 1.33 bits per heavy atom. The Hall–Kier alpha value is -1.39. The first-order valence-corrected chi connectivity index (χ1v) is 7.93. The maximum atomic E-state index is 12.7. The van der Waals surface area contributed by atoms with Crippen LogP contribution in [-0.4, -0.2) is 52.6 Å². The van der Waals surface area contributed by atoms with Crippen molar-refractivity contribution in [3.05, 3.63) is 35.4 Å². The number of likely N-dealkylation sites (tertiary alicyclic amines) is 1. The van der Waals surface area contributed by atoms with Gasteiger partial charge in [0.05, 0.1) is 18.7 Å². The third-order valence-corrected chi connectivity index (χ3v) is 4.94. The van der Waals surface area contributed by atoms with Gasteiger partial charge in [-0.2, -0.15) is 0 Å². The lowest BCUT2D eigenvalue weighted by atomic mass is 9.98. The molecule has 1 aromatic rings. The average Bonchev–Trinajstić information content (AvgIpc) is 3.01. The number of amides is 1. The van der Waals surface area contributed by atoms with Gasteiger partial charge in [-0.15, -0.1) is 0 Å². The highest BCUT2D eigenvalue weighted by Gasteiger charge is 2.34. The van der Waals surface area contributed by atoms with Crippen LogP contribution in [0.15, 0.2) is 24.3 Å². The summed E-state index contributed by atoms with van der Waals surface area (Å²) in [5, 5.41) is 9.40. The Balaban J connectivity index is 1.68. The van der Waals surface area contributed by atoms with Crippen molar-refractivity contribution in [3.8, 4) is 0 Å². The summed E-state index contributed by atoms with van der Waals surface area (Å²) in [6, 6.07) is 8.41. The smallest absolute Gasteiger partial charge is 0.239 e. The molecular formula is C17H24N2O2. The molecule has 0 aliphatic carbocycles. The van der Waals surface area contributed by atoms with Crippen molar-refractivity contribution >= 4 is 5.91 Å². The van der Waals surface area contributed by atoms with E-state index in [1.807, 2.05) is 11.8 Å². The number of hydrogen-bond acceptors (Lipinski definition) is 3. The maximum Gasteiger partial charge on any atom is 0.239 e. The fourth-order valence-electron chi connectivity index (χ4n) is 3.56. The van der Waals surface area contributed by atoms with Crippen LogP contribution in [0.1, 0.15) is 30.9 Å². The van der Waals surface area contributed by atoms with Crippen molar-refractivity contribution in [2.75, 3.05) is 19.7 Å². The standard InChI is InChI=1S/C17H24N2O2/c1-13(17(21)19-9-4-7-16(19)12-20)18-10-8-14-5-2-3-6-15(14)11-18/h2-3,5-6,13,16,20H,4,7-12H2,1H3/t13-,16+/m0/s1. The van der Waals surface area contributed by atoms with Crippen molar-refractivity contribution in [1.29, 1.82) is 0 Å². The van der Waals surface area contributed by atoms with E-state index in [0.717, 1.165) is 38.9 Å². The minimum atomic E-state index is -0.106. The van der Waals surface area contributed by atoms with Crippen molar-refractivity contribution < 1.29 is 9.90 Å². The number of rotatable bonds is 3. The average molecular weight is 288 g/mol. The maximum absolute atomic E-state index is 12.7. The fourth-order valence-corrected chi connectivity index (χ4v) is 3.56. The van der Waals surface area contributed by atoms with Crippen LogP contribution >= 0.6 is 0 Å². The number of aliphatic hydroxyl groups excluding tert-OH is 1. The van der Waals surface area contributed by atoms with Crippen LogP contribution < -0.4 is 0 Å². The van der Waals surface area contributed by atoms with Crippen LogP contribution in [0.3, 0.4) is 0 Å². The topological polar surface area (TPSA) is 43.8 Å². The first-order valence-electron chi connectivity index (χ1n) is 7.93. The van der Waals surface area contributed by atoms with E-state index < -0.39 is 0 Å². The van der Waals surface area contributed by atoms with Crippen molar-refractivity contribution in [2.24, 2.45) is 0 Å². The molecule has 4 heteroatoms. The lowest BCUT2D eigenvalue weighted by Gasteiger charge is -2.36. The van der Waals surface area contributed by atoms with E-state index in [2.05, 4.69) is 29.2 Å². The molecular weight excluding hydrogens is 264 g/mol. The minimum Gasteiger partial charge on any atom is -0.394 e. The van der Waals surface area contributed by atoms with E-state index in [9.17, 15) is 9.90 Å². The van der Waals surface area contributed by atoms with E-state index >= 15 is 0 Å². The summed E-state index contributed by atoms with van der Waals surface area (Å²) >= 11 is 0. The molecule has 0 unspecified atom stereocenters. The zero-order valence-electron chi connectivity index (χ0n) is 12.7. The number of carbonyl (C=O) groups is 1. The van der Waals surface area contributed by atoms with E-state index in [1.54, 1.807) is 0 Å². The van der Waals surface area contributed by atoms with Crippen molar-refractivity contribution in [1.82, 2.24) is 9.80 Å². The largest absolute Gasteiger partial charge is 0.394 e. The molecule has 21 heavy (non-hydrogen) atoms. The van der Waals surface area contributed by atoms with Gasteiger partial charge >= 0.3 is 0 Å². The molecule has 0 spiro atoms. The number of hydrogen-bond donors (Lipinski definition) is 1. The van der Waals surface area contributed by atoms with Gasteiger partial charge in [0, 0.05) is 19.6 Å². The monoisotopic (exact) mass is 288 g/mol. The number of nitrogens with zero attached hydrogens (tertiary/aromatic N) is 2. The Labute approximate surface area is 126 Å². The second-order valence-corrected chi connectivity index (χ2v) is 6.18. The Kier molecular flexibility index (Phi) is 4.27. The SMILES string of the molecule is C[C@@H](C(=O)N1CCC[C@@H]1CO)N1CCc2ccccc2C1. The van der Waals surface area contributed by atoms with Gasteiger partial charge in [-0.05, 0) is 37.3 Å². The van der Waals surface area contributed by atoms with Gasteiger partial charge in [0.15, 0.2) is 0 Å². The summed E-state index contributed by atoms with van der Waals surface area (Å²) < 4.78 is 0. The summed E-state index contributed by atoms with van der Waals surface area (Å²) in [4.78, 5) is 16.8. The predicted molar refractivity (Wildman–Crippen MR) is 81.8 cm³/mol. The highest BCUT2D eigenvalue weighted by Crippen LogP contribution is 2.23. The minimum absolute atomic E-state index is 0.0250. The number of benzene rings is 1. The number of aliphatic hydroxyl groups is 1. The normalized spacial score (nSPS) is 23.9. The molecule has 114 valence electrons. The van der Waals surface area contributed by atoms with Gasteiger partial charge in [-0.1, -0.05) is 24.3 Å². The van der Waals surface area contributed by atoms with Crippen LogP contribution in [0.2, 0.25) is 0 Å². The molecule has 1 saturated heterocycles. The first-order chi connectivity index (χ1) is 10.2. The molecule has 3 rings (SSSR count). The van der Waals surface area contributed by atoms with Crippen LogP contribution in [0.4, 0.5) is 0 Å². The fraction of sp³-hybridized carbons (Fsp3) is 0.588. The van der Waals surface area contributed by atoms with E-state index in [1.165, 1.54) is 11.1 Å². The first kappa shape index (κ1) is 14.5. The van der Waals surface area contributed by atoms with Crippen LogP contribution in [-0.2, 0) is 17.8 Å². The predicted octanol–water partition coefficient (Wildman–Crippen LogP) is 1.42. The zero-order valence-corrected chi connectivity index (χ0v) is 12.7. The van der Waals surface area contributed by atoms with E-state index in [0.29, 0.717) is 0 Å². The summed E-state index contributed by atoms with van der Waals surface area (Å²) in [6.07, 6.45) is 2.95. The molecule has 0 bridgehead atoms. The third kappa shape index (κ3) is 2.83. The van der Waals surface area contributed by atoms with E-state index in [4.69, 9.17) is 0 Å². The van der Waals surface area contributed by atoms with Crippen LogP contribution in [0, 0.1) is 0 Å². The van der Waals surface area contributed by atoms with Crippen molar-refractivity contribution in [2.45, 2.75) is 44.8 Å². The van der Waals surface area contributed by atoms with Gasteiger partial charge < -0.3 is 10.0 Å². The Bertz CT molecular complexity index is 517. The molecule has 2 atom stereocenters. The quantitative estimate of drug-likeness (QED) is 0.915. The number of fused-ring (bicyclic) bond motifs is 1. The molecule has 2 aliphatic rings. The van der Waals surface area contributed by atoms with Gasteiger partial charge in [-0.3, -0.25) is 9.69 Å². The van der Waals surface area contributed by atoms with Gasteiger partial charge in [0.25, 0.3) is 0 Å². The van der Waals surface area contributed by atoms with Gasteiger partial charge in [0.2, 0.25) is 5.91 Å². The van der Waals surface area contributed by atoms with Crippen molar-refractivity contribution in [3.63, 3.8) is 0 Å². The molecule has 0 radical (unpaired) electrons. The van der Waals surface area contributed by atoms with Gasteiger partial charge in [0.1, 0.15) is 0 Å². The van der Waals surface area contributed by atoms with Crippen LogP contribution in [0.5, 0.6) is 0 Å². The molecule has 0 aromatic heterocycles. The summed E-state index contributed by atoms with van der Waals surface area (Å²) in [6.45, 7) is 4.66. The Morgan fingerprint density at radius 3 is 2.86 bits per heavy atom. The molecule has 1 amide bonds. The van der Waals surface area contributed by atoms with E-state index in [-0.39, 0.29) is 24.6 Å². The summed E-state index contributed by atoms with van der Waals surface area (Å²) in [5.74, 6) is 0.172. The second-order valence-electron chi connectivity index (χ2n) is 6.18. The Morgan fingerprint density at radius 2 is 2.10 bits per heavy atom. The molecule has 4 nitrogen and oxygen atoms in total.